The van der Waals surface area contributed by atoms with Crippen LogP contribution in [0.1, 0.15) is 27.3 Å². The molecule has 0 saturated carbocycles. The summed E-state index contributed by atoms with van der Waals surface area (Å²) in [5.41, 5.74) is 5.88. The SMILES string of the molecule is Cc1noc(-c2ccccc2CN(C(=O)c2ccc(O)cc2O)c2ccc(-c3nc4ccccc4cc3C)cc2)n1. The maximum absolute atomic E-state index is 13.9. The van der Waals surface area contributed by atoms with Gasteiger partial charge in [-0.3, -0.25) is 4.79 Å². The van der Waals surface area contributed by atoms with E-state index in [0.717, 1.165) is 39.4 Å². The molecule has 41 heavy (non-hydrogen) atoms. The number of fused-ring (bicyclic) bond motifs is 1. The standard InChI is InChI=1S/C33H26N4O4/c1-20-17-23-7-4-6-10-29(23)35-31(20)22-11-13-25(14-12-22)37(33(40)28-16-15-26(38)18-30(28)39)19-24-8-3-5-9-27(24)32-34-21(2)36-41-32/h3-18,38-39H,19H2,1-2H3. The third-order valence-electron chi connectivity index (χ3n) is 6.93. The number of hydrogen-bond acceptors (Lipinski definition) is 7. The summed E-state index contributed by atoms with van der Waals surface area (Å²) in [5.74, 6) is -0.0263. The molecule has 0 spiro atoms. The maximum Gasteiger partial charge on any atom is 0.262 e. The van der Waals surface area contributed by atoms with Crippen LogP contribution in [0.5, 0.6) is 11.5 Å². The van der Waals surface area contributed by atoms with Gasteiger partial charge in [-0.25, -0.2) is 4.98 Å². The van der Waals surface area contributed by atoms with Crippen molar-refractivity contribution in [2.24, 2.45) is 0 Å². The zero-order valence-electron chi connectivity index (χ0n) is 22.4. The molecule has 0 atom stereocenters. The van der Waals surface area contributed by atoms with Gasteiger partial charge in [0, 0.05) is 28.3 Å². The molecule has 2 heterocycles. The van der Waals surface area contributed by atoms with Gasteiger partial charge >= 0.3 is 0 Å². The predicted octanol–water partition coefficient (Wildman–Crippen LogP) is 6.83. The van der Waals surface area contributed by atoms with Crippen molar-refractivity contribution in [2.45, 2.75) is 20.4 Å². The number of benzene rings is 4. The number of rotatable bonds is 6. The summed E-state index contributed by atoms with van der Waals surface area (Å²) in [4.78, 5) is 24.7. The minimum Gasteiger partial charge on any atom is -0.508 e. The number of aryl methyl sites for hydroxylation is 2. The number of aromatic nitrogens is 3. The first-order chi connectivity index (χ1) is 19.9. The van der Waals surface area contributed by atoms with Crippen molar-refractivity contribution in [2.75, 3.05) is 4.90 Å². The molecule has 6 aromatic rings. The molecule has 0 aliphatic rings. The van der Waals surface area contributed by atoms with E-state index < -0.39 is 5.91 Å². The summed E-state index contributed by atoms with van der Waals surface area (Å²) >= 11 is 0. The fraction of sp³-hybridized carbons (Fsp3) is 0.0909. The number of aromatic hydroxyl groups is 2. The number of nitrogens with zero attached hydrogens (tertiary/aromatic N) is 4. The summed E-state index contributed by atoms with van der Waals surface area (Å²) in [6, 6.07) is 29.1. The van der Waals surface area contributed by atoms with Crippen LogP contribution in [-0.4, -0.2) is 31.2 Å². The largest absolute Gasteiger partial charge is 0.508 e. The van der Waals surface area contributed by atoms with Crippen LogP contribution < -0.4 is 4.90 Å². The molecule has 0 saturated heterocycles. The number of carbonyl (C=O) groups is 1. The van der Waals surface area contributed by atoms with Crippen LogP contribution in [-0.2, 0) is 6.54 Å². The zero-order chi connectivity index (χ0) is 28.5. The van der Waals surface area contributed by atoms with Crippen molar-refractivity contribution in [3.63, 3.8) is 0 Å². The number of hydrogen-bond donors (Lipinski definition) is 2. The van der Waals surface area contributed by atoms with Gasteiger partial charge in [-0.1, -0.05) is 53.7 Å². The lowest BCUT2D eigenvalue weighted by molar-refractivity contribution is 0.0982. The summed E-state index contributed by atoms with van der Waals surface area (Å²) < 4.78 is 5.42. The Labute approximate surface area is 236 Å². The average molecular weight is 543 g/mol. The van der Waals surface area contributed by atoms with Gasteiger partial charge in [-0.15, -0.1) is 0 Å². The molecule has 8 nitrogen and oxygen atoms in total. The van der Waals surface area contributed by atoms with Crippen molar-refractivity contribution in [1.29, 1.82) is 0 Å². The minimum atomic E-state index is -0.438. The Kier molecular flexibility index (Phi) is 6.65. The van der Waals surface area contributed by atoms with E-state index in [2.05, 4.69) is 16.2 Å². The van der Waals surface area contributed by atoms with E-state index >= 15 is 0 Å². The number of para-hydroxylation sites is 1. The first kappa shape index (κ1) is 25.8. The molecule has 4 aromatic carbocycles. The molecule has 0 radical (unpaired) electrons. The molecule has 1 amide bonds. The predicted molar refractivity (Wildman–Crippen MR) is 157 cm³/mol. The molecule has 0 aliphatic heterocycles. The van der Waals surface area contributed by atoms with Crippen LogP contribution >= 0.6 is 0 Å². The van der Waals surface area contributed by atoms with Gasteiger partial charge in [0.05, 0.1) is 23.3 Å². The van der Waals surface area contributed by atoms with Crippen molar-refractivity contribution >= 4 is 22.5 Å². The fourth-order valence-corrected chi connectivity index (χ4v) is 4.88. The smallest absolute Gasteiger partial charge is 0.262 e. The molecule has 0 aliphatic carbocycles. The van der Waals surface area contributed by atoms with Gasteiger partial charge in [0.15, 0.2) is 5.82 Å². The second-order valence-corrected chi connectivity index (χ2v) is 9.79. The summed E-state index contributed by atoms with van der Waals surface area (Å²) in [7, 11) is 0. The van der Waals surface area contributed by atoms with Crippen LogP contribution in [0.15, 0.2) is 102 Å². The second-order valence-electron chi connectivity index (χ2n) is 9.79. The molecule has 8 heteroatoms. The normalized spacial score (nSPS) is 11.1. The monoisotopic (exact) mass is 542 g/mol. The van der Waals surface area contributed by atoms with Crippen LogP contribution in [0.4, 0.5) is 5.69 Å². The lowest BCUT2D eigenvalue weighted by Gasteiger charge is -2.25. The van der Waals surface area contributed by atoms with E-state index in [1.54, 1.807) is 11.8 Å². The van der Waals surface area contributed by atoms with E-state index in [4.69, 9.17) is 9.51 Å². The topological polar surface area (TPSA) is 113 Å². The zero-order valence-corrected chi connectivity index (χ0v) is 22.4. The average Bonchev–Trinajstić information content (AvgIpc) is 3.41. The molecule has 6 rings (SSSR count). The molecule has 202 valence electrons. The summed E-state index contributed by atoms with van der Waals surface area (Å²) in [6.45, 7) is 3.93. The molecule has 2 N–H and O–H groups in total. The Morgan fingerprint density at radius 1 is 0.854 bits per heavy atom. The van der Waals surface area contributed by atoms with Crippen LogP contribution in [0, 0.1) is 13.8 Å². The Hall–Kier alpha value is -5.50. The van der Waals surface area contributed by atoms with E-state index in [1.165, 1.54) is 12.1 Å². The fourth-order valence-electron chi connectivity index (χ4n) is 4.88. The number of phenols is 2. The molecule has 2 aromatic heterocycles. The van der Waals surface area contributed by atoms with Crippen molar-refractivity contribution in [3.05, 3.63) is 120 Å². The molecule has 0 unspecified atom stereocenters. The van der Waals surface area contributed by atoms with E-state index in [9.17, 15) is 15.0 Å². The van der Waals surface area contributed by atoms with Crippen molar-refractivity contribution < 1.29 is 19.5 Å². The maximum atomic E-state index is 13.9. The number of pyridine rings is 1. The molecular weight excluding hydrogens is 516 g/mol. The van der Waals surface area contributed by atoms with Gasteiger partial charge in [0.25, 0.3) is 11.8 Å². The highest BCUT2D eigenvalue weighted by atomic mass is 16.5. The first-order valence-corrected chi connectivity index (χ1v) is 13.1. The number of carbonyl (C=O) groups excluding carboxylic acids is 1. The Morgan fingerprint density at radius 3 is 2.37 bits per heavy atom. The Bertz CT molecular complexity index is 1900. The van der Waals surface area contributed by atoms with Crippen molar-refractivity contribution in [3.8, 4) is 34.2 Å². The summed E-state index contributed by atoms with van der Waals surface area (Å²) in [6.07, 6.45) is 0. The first-order valence-electron chi connectivity index (χ1n) is 13.1. The van der Waals surface area contributed by atoms with Crippen molar-refractivity contribution in [1.82, 2.24) is 15.1 Å². The third-order valence-corrected chi connectivity index (χ3v) is 6.93. The van der Waals surface area contributed by atoms with Crippen LogP contribution in [0.2, 0.25) is 0 Å². The Morgan fingerprint density at radius 2 is 1.61 bits per heavy atom. The van der Waals surface area contributed by atoms with Gasteiger partial charge in [-0.05, 0) is 67.4 Å². The van der Waals surface area contributed by atoms with E-state index in [0.29, 0.717) is 23.0 Å². The Balaban J connectivity index is 1.41. The lowest BCUT2D eigenvalue weighted by atomic mass is 10.0. The highest BCUT2D eigenvalue weighted by Gasteiger charge is 2.24. The van der Waals surface area contributed by atoms with E-state index in [1.807, 2.05) is 79.7 Å². The van der Waals surface area contributed by atoms with Crippen LogP contribution in [0.3, 0.4) is 0 Å². The highest BCUT2D eigenvalue weighted by Crippen LogP contribution is 2.32. The minimum absolute atomic E-state index is 0.0602. The third kappa shape index (κ3) is 5.10. The van der Waals surface area contributed by atoms with Gasteiger partial charge in [0.2, 0.25) is 0 Å². The van der Waals surface area contributed by atoms with Crippen LogP contribution in [0.25, 0.3) is 33.6 Å². The van der Waals surface area contributed by atoms with Gasteiger partial charge in [-0.2, -0.15) is 4.98 Å². The number of anilines is 1. The number of phenolic OH excluding ortho intramolecular Hbond substituents is 2. The molecule has 0 fully saturated rings. The number of amides is 1. The quantitative estimate of drug-likeness (QED) is 0.237. The van der Waals surface area contributed by atoms with Gasteiger partial charge < -0.3 is 19.6 Å². The second kappa shape index (κ2) is 10.6. The highest BCUT2D eigenvalue weighted by molar-refractivity contribution is 6.08. The molecular formula is C33H26N4O4. The van der Waals surface area contributed by atoms with E-state index in [-0.39, 0.29) is 23.6 Å². The lowest BCUT2D eigenvalue weighted by Crippen LogP contribution is -2.30. The van der Waals surface area contributed by atoms with Gasteiger partial charge in [0.1, 0.15) is 11.5 Å². The molecule has 0 bridgehead atoms. The summed E-state index contributed by atoms with van der Waals surface area (Å²) in [5, 5.41) is 25.3.